The number of hydrogen-bond donors (Lipinski definition) is 1. The molecular formula is C20H21ClF3N3O4S3. The van der Waals surface area contributed by atoms with Crippen LogP contribution < -0.4 is 10.4 Å². The van der Waals surface area contributed by atoms with Crippen molar-refractivity contribution in [2.45, 2.75) is 42.0 Å². The number of aryl methyl sites for hydroxylation is 1. The highest BCUT2D eigenvalue weighted by molar-refractivity contribution is 8.01. The zero-order chi connectivity index (χ0) is 25.1. The van der Waals surface area contributed by atoms with Crippen LogP contribution in [-0.4, -0.2) is 43.1 Å². The van der Waals surface area contributed by atoms with Gasteiger partial charge in [0, 0.05) is 22.2 Å². The lowest BCUT2D eigenvalue weighted by molar-refractivity contribution is -0.174. The van der Waals surface area contributed by atoms with E-state index in [9.17, 15) is 26.4 Å². The Morgan fingerprint density at radius 2 is 1.88 bits per heavy atom. The third-order valence-corrected chi connectivity index (χ3v) is 8.81. The summed E-state index contributed by atoms with van der Waals surface area (Å²) in [6.45, 7) is 2.28. The molecule has 0 aliphatic carbocycles. The van der Waals surface area contributed by atoms with Crippen LogP contribution in [-0.2, 0) is 14.8 Å². The third kappa shape index (κ3) is 6.66. The maximum atomic E-state index is 12.9. The molecule has 0 unspecified atom stereocenters. The van der Waals surface area contributed by atoms with E-state index in [4.69, 9.17) is 11.6 Å². The molecule has 3 rings (SSSR count). The van der Waals surface area contributed by atoms with Crippen molar-refractivity contribution in [3.63, 3.8) is 0 Å². The summed E-state index contributed by atoms with van der Waals surface area (Å²) in [6.07, 6.45) is -3.36. The molecule has 2 heterocycles. The Balaban J connectivity index is 1.80. The molecule has 0 amide bonds. The molecule has 1 aromatic rings. The van der Waals surface area contributed by atoms with Crippen molar-refractivity contribution in [2.75, 3.05) is 23.7 Å². The van der Waals surface area contributed by atoms with Gasteiger partial charge in [-0.2, -0.15) is 18.2 Å². The van der Waals surface area contributed by atoms with Crippen LogP contribution in [0, 0.1) is 13.8 Å². The number of imidazole rings is 1. The fraction of sp³-hybridized carbons (Fsp3) is 0.400. The highest BCUT2D eigenvalue weighted by Crippen LogP contribution is 2.38. The first kappa shape index (κ1) is 26.8. The van der Waals surface area contributed by atoms with E-state index in [1.54, 1.807) is 6.92 Å². The van der Waals surface area contributed by atoms with Crippen LogP contribution in [0.5, 0.6) is 0 Å². The molecular weight excluding hydrogens is 535 g/mol. The van der Waals surface area contributed by atoms with E-state index in [1.165, 1.54) is 51.9 Å². The predicted molar refractivity (Wildman–Crippen MR) is 127 cm³/mol. The molecule has 7 nitrogen and oxygen atoms in total. The number of anilines is 1. The summed E-state index contributed by atoms with van der Waals surface area (Å²) >= 11 is 8.60. The molecule has 0 bridgehead atoms. The monoisotopic (exact) mass is 555 g/mol. The number of aromatic nitrogens is 2. The Morgan fingerprint density at radius 3 is 2.53 bits per heavy atom. The first-order chi connectivity index (χ1) is 15.9. The fourth-order valence-electron chi connectivity index (χ4n) is 2.95. The summed E-state index contributed by atoms with van der Waals surface area (Å²) in [6, 6.07) is 5.57. The smallest absolute Gasteiger partial charge is 0.372 e. The van der Waals surface area contributed by atoms with Crippen LogP contribution in [0.2, 0.25) is 5.02 Å². The van der Waals surface area contributed by atoms with Gasteiger partial charge in [-0.3, -0.25) is 9.29 Å². The molecule has 1 aromatic carbocycles. The maximum absolute atomic E-state index is 12.9. The molecule has 0 radical (unpaired) electrons. The zero-order valence-corrected chi connectivity index (χ0v) is 21.3. The average Bonchev–Trinajstić information content (AvgIpc) is 3.05. The summed E-state index contributed by atoms with van der Waals surface area (Å²) < 4.78 is 71.2. The van der Waals surface area contributed by atoms with Crippen LogP contribution in [0.1, 0.15) is 23.4 Å². The molecule has 2 aliphatic rings. The summed E-state index contributed by atoms with van der Waals surface area (Å²) in [7, 11) is -4.03. The lowest BCUT2D eigenvalue weighted by atomic mass is 10.4. The molecule has 2 aliphatic heterocycles. The number of rotatable bonds is 10. The van der Waals surface area contributed by atoms with Gasteiger partial charge < -0.3 is 4.74 Å². The number of alkyl halides is 3. The molecule has 34 heavy (non-hydrogen) atoms. The van der Waals surface area contributed by atoms with Gasteiger partial charge >= 0.3 is 11.9 Å². The topological polar surface area (TPSA) is 90.3 Å². The summed E-state index contributed by atoms with van der Waals surface area (Å²) in [5, 5.41) is 0.378. The quantitative estimate of drug-likeness (QED) is 0.271. The largest absolute Gasteiger partial charge is 0.411 e. The highest BCUT2D eigenvalue weighted by Gasteiger charge is 2.28. The number of nitrogens with one attached hydrogen (secondary N) is 1. The number of ether oxygens (including phenoxy) is 1. The van der Waals surface area contributed by atoms with Crippen LogP contribution in [0.15, 0.2) is 38.2 Å². The molecule has 14 heteroatoms. The van der Waals surface area contributed by atoms with Crippen molar-refractivity contribution in [1.29, 1.82) is 0 Å². The van der Waals surface area contributed by atoms with Gasteiger partial charge in [-0.15, -0.1) is 23.1 Å². The Hall–Kier alpha value is -1.80. The van der Waals surface area contributed by atoms with Crippen molar-refractivity contribution in [3.05, 3.63) is 50.3 Å². The number of hydrogen-bond acceptors (Lipinski definition) is 7. The van der Waals surface area contributed by atoms with Crippen molar-refractivity contribution >= 4 is 50.5 Å². The van der Waals surface area contributed by atoms with Crippen LogP contribution in [0.4, 0.5) is 19.0 Å². The molecule has 186 valence electrons. The van der Waals surface area contributed by atoms with E-state index in [-0.39, 0.29) is 17.3 Å². The molecule has 0 aromatic heterocycles. The maximum Gasteiger partial charge on any atom is 0.411 e. The van der Waals surface area contributed by atoms with Gasteiger partial charge in [-0.05, 0) is 56.7 Å². The number of sulfonamides is 1. The summed E-state index contributed by atoms with van der Waals surface area (Å²) in [4.78, 5) is 17.4. The summed E-state index contributed by atoms with van der Waals surface area (Å²) in [5.41, 5.74) is 0.368. The Kier molecular flexibility index (Phi) is 8.56. The number of fused-ring (bicyclic) bond motifs is 1. The first-order valence-electron chi connectivity index (χ1n) is 9.97. The van der Waals surface area contributed by atoms with Crippen LogP contribution in [0.3, 0.4) is 0 Å². The van der Waals surface area contributed by atoms with Gasteiger partial charge in [0.15, 0.2) is 5.82 Å². The Bertz CT molecular complexity index is 1280. The molecule has 1 N–H and O–H groups in total. The minimum atomic E-state index is -4.35. The third-order valence-electron chi connectivity index (χ3n) is 4.67. The lowest BCUT2D eigenvalue weighted by Gasteiger charge is -2.16. The van der Waals surface area contributed by atoms with Gasteiger partial charge in [0.2, 0.25) is 0 Å². The molecule has 0 atom stereocenters. The highest BCUT2D eigenvalue weighted by atomic mass is 35.5. The van der Waals surface area contributed by atoms with Crippen molar-refractivity contribution < 1.29 is 26.3 Å². The van der Waals surface area contributed by atoms with Crippen LogP contribution in [0.25, 0.3) is 5.69 Å². The number of unbranched alkanes of at least 4 members (excludes halogenated alkanes) is 1. The van der Waals surface area contributed by atoms with Gasteiger partial charge in [0.05, 0.1) is 9.10 Å². The fourth-order valence-corrected chi connectivity index (χ4v) is 6.60. The Labute approximate surface area is 207 Å². The van der Waals surface area contributed by atoms with Gasteiger partial charge in [-0.1, -0.05) is 11.6 Å². The number of benzene rings is 1. The second-order valence-electron chi connectivity index (χ2n) is 7.24. The van der Waals surface area contributed by atoms with Crippen molar-refractivity contribution in [2.24, 2.45) is 0 Å². The summed E-state index contributed by atoms with van der Waals surface area (Å²) in [5.74, 6) is 0.447. The normalized spacial score (nSPS) is 12.4. The van der Waals surface area contributed by atoms with Gasteiger partial charge in [0.1, 0.15) is 12.3 Å². The number of thioether (sulfide) groups is 1. The first-order valence-corrected chi connectivity index (χ1v) is 13.6. The Morgan fingerprint density at radius 1 is 1.21 bits per heavy atom. The minimum absolute atomic E-state index is 0.0185. The lowest BCUT2D eigenvalue weighted by Crippen LogP contribution is -2.17. The standard InChI is InChI=1S/C20H21ClF3N3O4S3/c1-12-13(2)33-18(32-10-4-3-9-31-11-20(22,23)24)16-17(25-19(28)27(12)16)26-34(29,30)15-7-5-14(21)6-8-15/h5-8H,3-4,9-11H2,1-2H3,(H,25,26,28). The molecule has 0 fully saturated rings. The second kappa shape index (κ2) is 10.9. The SMILES string of the molecule is Cc1sc(SCCCCOCC(F)(F)F)c2c(NS(=O)(=O)c3ccc(Cl)cc3)nc(=O)n-2c1C. The van der Waals surface area contributed by atoms with Gasteiger partial charge in [-0.25, -0.2) is 13.2 Å². The molecule has 0 spiro atoms. The number of halogens is 4. The van der Waals surface area contributed by atoms with E-state index < -0.39 is 28.5 Å². The van der Waals surface area contributed by atoms with Crippen molar-refractivity contribution in [1.82, 2.24) is 9.55 Å². The van der Waals surface area contributed by atoms with E-state index in [1.807, 2.05) is 6.92 Å². The van der Waals surface area contributed by atoms with E-state index in [0.29, 0.717) is 39.2 Å². The van der Waals surface area contributed by atoms with Crippen molar-refractivity contribution in [3.8, 4) is 5.69 Å². The van der Waals surface area contributed by atoms with E-state index >= 15 is 0 Å². The average molecular weight is 556 g/mol. The second-order valence-corrected chi connectivity index (χ2v) is 11.9. The van der Waals surface area contributed by atoms with Crippen LogP contribution >= 0.6 is 34.7 Å². The molecule has 0 saturated carbocycles. The van der Waals surface area contributed by atoms with E-state index in [0.717, 1.165) is 4.88 Å². The molecule has 0 saturated heterocycles. The number of nitrogens with zero attached hydrogens (tertiary/aromatic N) is 2. The zero-order valence-electron chi connectivity index (χ0n) is 18.1. The van der Waals surface area contributed by atoms with Gasteiger partial charge in [0.25, 0.3) is 10.0 Å². The predicted octanol–water partition coefficient (Wildman–Crippen LogP) is 5.25. The van der Waals surface area contributed by atoms with E-state index in [2.05, 4.69) is 14.4 Å². The minimum Gasteiger partial charge on any atom is -0.372 e.